The molecule has 2 rings (SSSR count). The highest BCUT2D eigenvalue weighted by atomic mass is 79.9. The maximum absolute atomic E-state index is 13.6. The molecule has 0 saturated heterocycles. The Balaban J connectivity index is 2.47. The van der Waals surface area contributed by atoms with Gasteiger partial charge in [0.2, 0.25) is 0 Å². The van der Waals surface area contributed by atoms with Crippen LogP contribution in [0.3, 0.4) is 0 Å². The molecule has 1 nitrogen and oxygen atoms in total. The average Bonchev–Trinajstić information content (AvgIpc) is 2.63. The third-order valence-electron chi connectivity index (χ3n) is 2.18. The Morgan fingerprint density at radius 1 is 1.12 bits per heavy atom. The largest absolute Gasteiger partial charge is 0.383 e. The van der Waals surface area contributed by atoms with E-state index in [9.17, 15) is 13.9 Å². The standard InChI is InChI=1S/C11H6Br2F2OS/c12-5-3-6(14)10(7(15)4-5)11(16)8-1-2-9(13)17-8/h1-4,11,16H. The summed E-state index contributed by atoms with van der Waals surface area (Å²) in [6, 6.07) is 5.60. The van der Waals surface area contributed by atoms with Crippen LogP contribution < -0.4 is 0 Å². The van der Waals surface area contributed by atoms with Crippen LogP contribution in [-0.2, 0) is 0 Å². The molecule has 0 amide bonds. The number of aliphatic hydroxyl groups excluding tert-OH is 1. The van der Waals surface area contributed by atoms with Crippen molar-refractivity contribution in [3.05, 3.63) is 54.6 Å². The Kier molecular flexibility index (Phi) is 3.97. The van der Waals surface area contributed by atoms with Crippen molar-refractivity contribution in [3.63, 3.8) is 0 Å². The van der Waals surface area contributed by atoms with Crippen LogP contribution in [0, 0.1) is 11.6 Å². The molecule has 0 spiro atoms. The van der Waals surface area contributed by atoms with Crippen LogP contribution in [0.4, 0.5) is 8.78 Å². The molecule has 0 saturated carbocycles. The topological polar surface area (TPSA) is 20.2 Å². The summed E-state index contributed by atoms with van der Waals surface area (Å²) in [5.74, 6) is -1.54. The fourth-order valence-corrected chi connectivity index (χ4v) is 3.25. The van der Waals surface area contributed by atoms with Crippen molar-refractivity contribution in [3.8, 4) is 0 Å². The zero-order chi connectivity index (χ0) is 12.6. The van der Waals surface area contributed by atoms with Crippen LogP contribution >= 0.6 is 43.2 Å². The molecule has 0 radical (unpaired) electrons. The first-order valence-electron chi connectivity index (χ1n) is 4.57. The molecule has 0 bridgehead atoms. The van der Waals surface area contributed by atoms with E-state index < -0.39 is 17.7 Å². The van der Waals surface area contributed by atoms with Crippen molar-refractivity contribution < 1.29 is 13.9 Å². The van der Waals surface area contributed by atoms with E-state index in [-0.39, 0.29) is 5.56 Å². The number of hydrogen-bond donors (Lipinski definition) is 1. The normalized spacial score (nSPS) is 12.8. The van der Waals surface area contributed by atoms with Gasteiger partial charge < -0.3 is 5.11 Å². The number of hydrogen-bond acceptors (Lipinski definition) is 2. The van der Waals surface area contributed by atoms with Crippen LogP contribution in [0.1, 0.15) is 16.5 Å². The van der Waals surface area contributed by atoms with Gasteiger partial charge in [-0.25, -0.2) is 8.78 Å². The molecule has 1 aromatic heterocycles. The van der Waals surface area contributed by atoms with Gasteiger partial charge in [0.15, 0.2) is 0 Å². The Labute approximate surface area is 117 Å². The van der Waals surface area contributed by atoms with E-state index in [0.717, 1.165) is 15.9 Å². The highest BCUT2D eigenvalue weighted by Crippen LogP contribution is 2.34. The highest BCUT2D eigenvalue weighted by molar-refractivity contribution is 9.11. The van der Waals surface area contributed by atoms with Crippen molar-refractivity contribution in [1.82, 2.24) is 0 Å². The Morgan fingerprint density at radius 2 is 1.71 bits per heavy atom. The van der Waals surface area contributed by atoms with E-state index in [2.05, 4.69) is 31.9 Å². The SMILES string of the molecule is OC(c1ccc(Br)s1)c1c(F)cc(Br)cc1F. The molecule has 0 fully saturated rings. The van der Waals surface area contributed by atoms with Gasteiger partial charge >= 0.3 is 0 Å². The van der Waals surface area contributed by atoms with E-state index >= 15 is 0 Å². The van der Waals surface area contributed by atoms with Crippen LogP contribution in [0.25, 0.3) is 0 Å². The van der Waals surface area contributed by atoms with E-state index in [4.69, 9.17) is 0 Å². The zero-order valence-corrected chi connectivity index (χ0v) is 12.2. The van der Waals surface area contributed by atoms with Crippen LogP contribution in [0.5, 0.6) is 0 Å². The summed E-state index contributed by atoms with van der Waals surface area (Å²) in [5.41, 5.74) is -0.331. The molecule has 0 aliphatic carbocycles. The second-order valence-corrected chi connectivity index (χ2v) is 6.74. The fraction of sp³-hybridized carbons (Fsp3) is 0.0909. The smallest absolute Gasteiger partial charge is 0.133 e. The maximum Gasteiger partial charge on any atom is 0.133 e. The molecule has 17 heavy (non-hydrogen) atoms. The minimum absolute atomic E-state index is 0.302. The number of rotatable bonds is 2. The molecule has 6 heteroatoms. The van der Waals surface area contributed by atoms with Gasteiger partial charge in [0.05, 0.1) is 9.35 Å². The monoisotopic (exact) mass is 382 g/mol. The predicted molar refractivity (Wildman–Crippen MR) is 70.1 cm³/mol. The third-order valence-corrected chi connectivity index (χ3v) is 4.31. The molecule has 1 unspecified atom stereocenters. The molecular weight excluding hydrogens is 378 g/mol. The lowest BCUT2D eigenvalue weighted by Crippen LogP contribution is -2.04. The summed E-state index contributed by atoms with van der Waals surface area (Å²) in [7, 11) is 0. The van der Waals surface area contributed by atoms with Gasteiger partial charge in [0.25, 0.3) is 0 Å². The molecule has 2 aromatic rings. The first-order valence-corrected chi connectivity index (χ1v) is 6.97. The van der Waals surface area contributed by atoms with Crippen LogP contribution in [0.2, 0.25) is 0 Å². The summed E-state index contributed by atoms with van der Waals surface area (Å²) in [5, 5.41) is 9.95. The summed E-state index contributed by atoms with van der Waals surface area (Å²) >= 11 is 7.46. The lowest BCUT2D eigenvalue weighted by Gasteiger charge is -2.11. The summed E-state index contributed by atoms with van der Waals surface area (Å²) < 4.78 is 28.3. The Morgan fingerprint density at radius 3 is 2.18 bits per heavy atom. The van der Waals surface area contributed by atoms with Gasteiger partial charge in [-0.2, -0.15) is 0 Å². The number of halogens is 4. The third kappa shape index (κ3) is 2.76. The van der Waals surface area contributed by atoms with Gasteiger partial charge in [-0.1, -0.05) is 15.9 Å². The lowest BCUT2D eigenvalue weighted by atomic mass is 10.1. The number of aliphatic hydroxyl groups is 1. The van der Waals surface area contributed by atoms with Gasteiger partial charge in [-0.15, -0.1) is 11.3 Å². The second-order valence-electron chi connectivity index (χ2n) is 3.33. The molecule has 0 aliphatic rings. The van der Waals surface area contributed by atoms with Gasteiger partial charge in [0, 0.05) is 9.35 Å². The zero-order valence-electron chi connectivity index (χ0n) is 8.25. The second kappa shape index (κ2) is 5.14. The minimum Gasteiger partial charge on any atom is -0.383 e. The van der Waals surface area contributed by atoms with Crippen molar-refractivity contribution in [1.29, 1.82) is 0 Å². The predicted octanol–water partition coefficient (Wildman–Crippen LogP) is 4.63. The van der Waals surface area contributed by atoms with E-state index in [1.165, 1.54) is 11.3 Å². The fourth-order valence-electron chi connectivity index (χ4n) is 1.43. The van der Waals surface area contributed by atoms with Gasteiger partial charge in [-0.3, -0.25) is 0 Å². The average molecular weight is 384 g/mol. The first kappa shape index (κ1) is 13.1. The van der Waals surface area contributed by atoms with Gasteiger partial charge in [0.1, 0.15) is 17.7 Å². The van der Waals surface area contributed by atoms with E-state index in [0.29, 0.717) is 9.35 Å². The molecular formula is C11H6Br2F2OS. The van der Waals surface area contributed by atoms with Crippen molar-refractivity contribution in [2.75, 3.05) is 0 Å². The van der Waals surface area contributed by atoms with Crippen molar-refractivity contribution in [2.45, 2.75) is 6.10 Å². The summed E-state index contributed by atoms with van der Waals surface area (Å²) in [4.78, 5) is 0.483. The van der Waals surface area contributed by atoms with Gasteiger partial charge in [-0.05, 0) is 40.2 Å². The van der Waals surface area contributed by atoms with Crippen molar-refractivity contribution >= 4 is 43.2 Å². The molecule has 0 aliphatic heterocycles. The van der Waals surface area contributed by atoms with Crippen molar-refractivity contribution in [2.24, 2.45) is 0 Å². The van der Waals surface area contributed by atoms with Crippen LogP contribution in [0.15, 0.2) is 32.5 Å². The molecule has 1 atom stereocenters. The van der Waals surface area contributed by atoms with E-state index in [1.807, 2.05) is 0 Å². The number of benzene rings is 1. The molecule has 1 heterocycles. The lowest BCUT2D eigenvalue weighted by molar-refractivity contribution is 0.212. The molecule has 1 N–H and O–H groups in total. The Hall–Kier alpha value is -0.300. The first-order chi connectivity index (χ1) is 7.99. The molecule has 1 aromatic carbocycles. The highest BCUT2D eigenvalue weighted by Gasteiger charge is 2.21. The van der Waals surface area contributed by atoms with E-state index in [1.54, 1.807) is 12.1 Å². The minimum atomic E-state index is -1.29. The number of thiophene rings is 1. The molecule has 90 valence electrons. The Bertz CT molecular complexity index is 533. The summed E-state index contributed by atoms with van der Waals surface area (Å²) in [6.45, 7) is 0. The summed E-state index contributed by atoms with van der Waals surface area (Å²) in [6.07, 6.45) is -1.29. The maximum atomic E-state index is 13.6. The van der Waals surface area contributed by atoms with Crippen LogP contribution in [-0.4, -0.2) is 5.11 Å². The quantitative estimate of drug-likeness (QED) is 0.801.